The Bertz CT molecular complexity index is 1090. The van der Waals surface area contributed by atoms with Crippen LogP contribution in [-0.2, 0) is 23.2 Å². The molecular weight excluding hydrogens is 402 g/mol. The zero-order valence-electron chi connectivity index (χ0n) is 14.6. The van der Waals surface area contributed by atoms with Crippen molar-refractivity contribution in [2.45, 2.75) is 24.0 Å². The van der Waals surface area contributed by atoms with Gasteiger partial charge >= 0.3 is 6.18 Å². The van der Waals surface area contributed by atoms with Crippen molar-refractivity contribution >= 4 is 27.7 Å². The summed E-state index contributed by atoms with van der Waals surface area (Å²) in [5.41, 5.74) is -1.75. The summed E-state index contributed by atoms with van der Waals surface area (Å²) in [5.74, 6) is -2.30. The number of nitrogens with one attached hydrogen (secondary N) is 2. The van der Waals surface area contributed by atoms with E-state index in [1.54, 1.807) is 13.0 Å². The summed E-state index contributed by atoms with van der Waals surface area (Å²) < 4.78 is 80.4. The summed E-state index contributed by atoms with van der Waals surface area (Å²) in [7, 11) is -2.45. The van der Waals surface area contributed by atoms with Crippen molar-refractivity contribution in [2.75, 3.05) is 5.32 Å². The number of halogens is 4. The molecule has 0 saturated heterocycles. The molecule has 150 valence electrons. The smallest absolute Gasteiger partial charge is 0.345 e. The van der Waals surface area contributed by atoms with E-state index in [4.69, 9.17) is 0 Å². The maximum atomic E-state index is 13.4. The predicted molar refractivity (Wildman–Crippen MR) is 93.6 cm³/mol. The van der Waals surface area contributed by atoms with E-state index in [-0.39, 0.29) is 21.8 Å². The van der Waals surface area contributed by atoms with E-state index < -0.39 is 39.5 Å². The summed E-state index contributed by atoms with van der Waals surface area (Å²) in [4.78, 5) is 12.5. The summed E-state index contributed by atoms with van der Waals surface area (Å²) in [5, 5.41) is 2.26. The van der Waals surface area contributed by atoms with Crippen LogP contribution in [0.25, 0.3) is 6.08 Å². The number of sulfonamides is 1. The lowest BCUT2D eigenvalue weighted by molar-refractivity contribution is -0.139. The monoisotopic (exact) mass is 417 g/mol. The second-order valence-corrected chi connectivity index (χ2v) is 7.96. The summed E-state index contributed by atoms with van der Waals surface area (Å²) in [6.07, 6.45) is -0.690. The first-order valence-electron chi connectivity index (χ1n) is 7.98. The zero-order chi connectivity index (χ0) is 20.9. The van der Waals surface area contributed by atoms with Gasteiger partial charge in [0.2, 0.25) is 10.0 Å². The fourth-order valence-electron chi connectivity index (χ4n) is 2.87. The number of hydrogen-bond acceptors (Lipinski definition) is 3. The molecule has 0 fully saturated rings. The van der Waals surface area contributed by atoms with Gasteiger partial charge in [-0.3, -0.25) is 4.79 Å². The maximum absolute atomic E-state index is 13.4. The lowest BCUT2D eigenvalue weighted by atomic mass is 10.1. The van der Waals surface area contributed by atoms with Gasteiger partial charge in [-0.15, -0.1) is 0 Å². The molecule has 0 spiro atoms. The van der Waals surface area contributed by atoms with Gasteiger partial charge in [-0.05, 0) is 25.1 Å². The number of fused-ring (bicyclic) bond motifs is 1. The normalized spacial score (nSPS) is 18.4. The molecule has 1 aliphatic heterocycles. The van der Waals surface area contributed by atoms with Crippen LogP contribution in [0.3, 0.4) is 0 Å². The number of aryl methyl sites for hydroxylation is 1. The van der Waals surface area contributed by atoms with Crippen molar-refractivity contribution in [1.29, 1.82) is 0 Å². The molecule has 0 bridgehead atoms. The fourth-order valence-corrected chi connectivity index (χ4v) is 4.32. The number of nitrogens with zero attached hydrogens (tertiary/aromatic N) is 1. The van der Waals surface area contributed by atoms with Crippen LogP contribution in [0.2, 0.25) is 0 Å². The Morgan fingerprint density at radius 3 is 2.61 bits per heavy atom. The average molecular weight is 417 g/mol. The van der Waals surface area contributed by atoms with E-state index in [0.717, 1.165) is 6.07 Å². The number of hydrogen-bond donors (Lipinski definition) is 2. The molecule has 1 unspecified atom stereocenters. The van der Waals surface area contributed by atoms with Crippen LogP contribution in [0.15, 0.2) is 35.4 Å². The summed E-state index contributed by atoms with van der Waals surface area (Å²) in [6.45, 7) is 1.61. The zero-order valence-corrected chi connectivity index (χ0v) is 15.5. The SMILES string of the molecule is CC1C=Cc2c(cn(C)c2C(=O)Nc2ccc(F)c(C(F)(F)F)c2)S(=O)(=O)N1. The van der Waals surface area contributed by atoms with Crippen LogP contribution in [0.1, 0.15) is 28.5 Å². The molecule has 2 N–H and O–H groups in total. The molecule has 0 radical (unpaired) electrons. The minimum Gasteiger partial charge on any atom is -0.345 e. The number of benzene rings is 1. The van der Waals surface area contributed by atoms with Gasteiger partial charge in [0, 0.05) is 30.5 Å². The molecule has 1 aromatic heterocycles. The van der Waals surface area contributed by atoms with Crippen LogP contribution in [-0.4, -0.2) is 24.9 Å². The largest absolute Gasteiger partial charge is 0.419 e. The van der Waals surface area contributed by atoms with Crippen LogP contribution in [0, 0.1) is 5.82 Å². The molecule has 1 amide bonds. The van der Waals surface area contributed by atoms with E-state index in [0.29, 0.717) is 12.1 Å². The number of amides is 1. The van der Waals surface area contributed by atoms with E-state index in [2.05, 4.69) is 10.0 Å². The second kappa shape index (κ2) is 6.74. The van der Waals surface area contributed by atoms with Crippen LogP contribution in [0.4, 0.5) is 23.2 Å². The minimum absolute atomic E-state index is 0.0661. The quantitative estimate of drug-likeness (QED) is 0.737. The number of carbonyl (C=O) groups is 1. The van der Waals surface area contributed by atoms with Crippen molar-refractivity contribution in [3.63, 3.8) is 0 Å². The Morgan fingerprint density at radius 1 is 1.29 bits per heavy atom. The molecule has 2 aromatic rings. The highest BCUT2D eigenvalue weighted by Gasteiger charge is 2.35. The number of carbonyl (C=O) groups excluding carboxylic acids is 1. The highest BCUT2D eigenvalue weighted by atomic mass is 32.2. The molecule has 1 atom stereocenters. The Labute approximate surface area is 157 Å². The first kappa shape index (κ1) is 20.1. The van der Waals surface area contributed by atoms with Gasteiger partial charge in [0.05, 0.1) is 5.56 Å². The molecule has 0 aliphatic carbocycles. The van der Waals surface area contributed by atoms with Crippen molar-refractivity contribution in [1.82, 2.24) is 9.29 Å². The third-order valence-corrected chi connectivity index (χ3v) is 5.70. The number of aromatic nitrogens is 1. The third kappa shape index (κ3) is 3.67. The topological polar surface area (TPSA) is 80.2 Å². The Balaban J connectivity index is 2.02. The number of alkyl halides is 3. The van der Waals surface area contributed by atoms with Gasteiger partial charge in [-0.25, -0.2) is 17.5 Å². The molecule has 1 aliphatic rings. The van der Waals surface area contributed by atoms with E-state index in [1.807, 2.05) is 0 Å². The molecule has 0 saturated carbocycles. The van der Waals surface area contributed by atoms with Gasteiger partial charge < -0.3 is 9.88 Å². The van der Waals surface area contributed by atoms with E-state index in [1.165, 1.54) is 23.9 Å². The van der Waals surface area contributed by atoms with Gasteiger partial charge in [0.1, 0.15) is 16.4 Å². The minimum atomic E-state index is -4.93. The van der Waals surface area contributed by atoms with E-state index >= 15 is 0 Å². The van der Waals surface area contributed by atoms with Gasteiger partial charge in [0.25, 0.3) is 5.91 Å². The lowest BCUT2D eigenvalue weighted by Crippen LogP contribution is -2.30. The van der Waals surface area contributed by atoms with Crippen molar-refractivity contribution < 1.29 is 30.8 Å². The summed E-state index contributed by atoms with van der Waals surface area (Å²) in [6, 6.07) is 1.55. The van der Waals surface area contributed by atoms with Gasteiger partial charge in [-0.1, -0.05) is 12.2 Å². The first-order chi connectivity index (χ1) is 12.9. The number of rotatable bonds is 2. The highest BCUT2D eigenvalue weighted by molar-refractivity contribution is 7.89. The number of anilines is 1. The van der Waals surface area contributed by atoms with E-state index in [9.17, 15) is 30.8 Å². The van der Waals surface area contributed by atoms with Gasteiger partial charge in [0.15, 0.2) is 0 Å². The average Bonchev–Trinajstić information content (AvgIpc) is 2.85. The third-order valence-electron chi connectivity index (χ3n) is 4.11. The standard InChI is InChI=1S/C17H15F4N3O3S/c1-9-3-5-11-14(28(26,27)23-9)8-24(2)15(11)16(25)22-10-4-6-13(18)12(7-10)17(19,20)21/h3-9,23H,1-2H3,(H,22,25). The molecule has 11 heteroatoms. The van der Waals surface area contributed by atoms with Crippen molar-refractivity contribution in [3.8, 4) is 0 Å². The van der Waals surface area contributed by atoms with Crippen molar-refractivity contribution in [3.05, 3.63) is 53.1 Å². The Kier molecular flexibility index (Phi) is 4.84. The maximum Gasteiger partial charge on any atom is 0.419 e. The molecule has 6 nitrogen and oxygen atoms in total. The van der Waals surface area contributed by atoms with Gasteiger partial charge in [-0.2, -0.15) is 13.2 Å². The summed E-state index contributed by atoms with van der Waals surface area (Å²) >= 11 is 0. The molecular formula is C17H15F4N3O3S. The molecule has 3 rings (SSSR count). The predicted octanol–water partition coefficient (Wildman–Crippen LogP) is 3.13. The Hall–Kier alpha value is -2.66. The Morgan fingerprint density at radius 2 is 1.96 bits per heavy atom. The molecule has 2 heterocycles. The fraction of sp³-hybridized carbons (Fsp3) is 0.235. The molecule has 1 aromatic carbocycles. The van der Waals surface area contributed by atoms with Crippen molar-refractivity contribution in [2.24, 2.45) is 7.05 Å². The first-order valence-corrected chi connectivity index (χ1v) is 9.46. The van der Waals surface area contributed by atoms with Crippen LogP contribution in [0.5, 0.6) is 0 Å². The second-order valence-electron chi connectivity index (χ2n) is 6.28. The molecule has 28 heavy (non-hydrogen) atoms. The lowest BCUT2D eigenvalue weighted by Gasteiger charge is -2.12. The van der Waals surface area contributed by atoms with Crippen LogP contribution >= 0.6 is 0 Å². The highest BCUT2D eigenvalue weighted by Crippen LogP contribution is 2.33. The van der Waals surface area contributed by atoms with Crippen LogP contribution < -0.4 is 10.0 Å².